The first-order valence-corrected chi connectivity index (χ1v) is 7.39. The van der Waals surface area contributed by atoms with Crippen molar-refractivity contribution in [2.24, 2.45) is 4.99 Å². The van der Waals surface area contributed by atoms with E-state index in [0.717, 1.165) is 5.56 Å². The zero-order chi connectivity index (χ0) is 18.0. The molecule has 0 atom stereocenters. The van der Waals surface area contributed by atoms with Crippen LogP contribution in [0, 0.1) is 0 Å². The molecule has 0 aliphatic heterocycles. The molecule has 0 bridgehead atoms. The molecular formula is C16H22F3N3O2. The van der Waals surface area contributed by atoms with E-state index >= 15 is 0 Å². The van der Waals surface area contributed by atoms with Crippen LogP contribution < -0.4 is 20.1 Å². The fourth-order valence-electron chi connectivity index (χ4n) is 1.77. The van der Waals surface area contributed by atoms with Crippen molar-refractivity contribution >= 4 is 5.96 Å². The number of hydrogen-bond acceptors (Lipinski definition) is 3. The lowest BCUT2D eigenvalue weighted by atomic mass is 10.2. The van der Waals surface area contributed by atoms with Crippen LogP contribution in [0.2, 0.25) is 0 Å². The Morgan fingerprint density at radius 1 is 1.29 bits per heavy atom. The lowest BCUT2D eigenvalue weighted by molar-refractivity contribution is -0.153. The van der Waals surface area contributed by atoms with Crippen molar-refractivity contribution in [3.8, 4) is 11.5 Å². The molecular weight excluding hydrogens is 323 g/mol. The van der Waals surface area contributed by atoms with Crippen LogP contribution >= 0.6 is 0 Å². The quantitative estimate of drug-likeness (QED) is 0.432. The molecule has 0 aromatic heterocycles. The Balaban J connectivity index is 2.80. The van der Waals surface area contributed by atoms with E-state index in [1.54, 1.807) is 18.2 Å². The summed E-state index contributed by atoms with van der Waals surface area (Å²) in [5.41, 5.74) is 0.780. The van der Waals surface area contributed by atoms with Crippen LogP contribution in [0.25, 0.3) is 0 Å². The molecule has 0 saturated carbocycles. The standard InChI is InChI=1S/C16H22F3N3O2/c1-4-8-21-15(20-5-2)22-10-12-6-7-13(14(9-12)23-3)24-11-16(17,18)19/h4,6-7,9H,1,5,8,10-11H2,2-3H3,(H2,20,21,22). The maximum absolute atomic E-state index is 12.2. The van der Waals surface area contributed by atoms with E-state index in [2.05, 4.69) is 22.2 Å². The van der Waals surface area contributed by atoms with Gasteiger partial charge in [0, 0.05) is 13.1 Å². The molecule has 134 valence electrons. The van der Waals surface area contributed by atoms with E-state index < -0.39 is 12.8 Å². The van der Waals surface area contributed by atoms with E-state index in [-0.39, 0.29) is 11.5 Å². The summed E-state index contributed by atoms with van der Waals surface area (Å²) in [7, 11) is 1.37. The Kier molecular flexibility index (Phi) is 7.94. The van der Waals surface area contributed by atoms with Crippen molar-refractivity contribution in [2.75, 3.05) is 26.8 Å². The van der Waals surface area contributed by atoms with Gasteiger partial charge in [0.15, 0.2) is 24.1 Å². The number of benzene rings is 1. The normalized spacial score (nSPS) is 11.8. The zero-order valence-corrected chi connectivity index (χ0v) is 13.7. The van der Waals surface area contributed by atoms with Crippen molar-refractivity contribution < 1.29 is 22.6 Å². The van der Waals surface area contributed by atoms with Gasteiger partial charge in [0.05, 0.1) is 13.7 Å². The average Bonchev–Trinajstić information content (AvgIpc) is 2.55. The minimum absolute atomic E-state index is 0.0410. The molecule has 0 heterocycles. The fourth-order valence-corrected chi connectivity index (χ4v) is 1.77. The van der Waals surface area contributed by atoms with Crippen molar-refractivity contribution in [1.29, 1.82) is 0 Å². The third kappa shape index (κ3) is 7.26. The topological polar surface area (TPSA) is 54.9 Å². The molecule has 0 radical (unpaired) electrons. The molecule has 5 nitrogen and oxygen atoms in total. The van der Waals surface area contributed by atoms with Gasteiger partial charge in [-0.05, 0) is 24.6 Å². The van der Waals surface area contributed by atoms with Crippen molar-refractivity contribution in [1.82, 2.24) is 10.6 Å². The average molecular weight is 345 g/mol. The minimum Gasteiger partial charge on any atom is -0.493 e. The van der Waals surface area contributed by atoms with Gasteiger partial charge in [0.2, 0.25) is 0 Å². The number of hydrogen-bond donors (Lipinski definition) is 2. The Labute approximate surface area is 139 Å². The second-order valence-electron chi connectivity index (χ2n) is 4.75. The largest absolute Gasteiger partial charge is 0.493 e. The Bertz CT molecular complexity index is 560. The second kappa shape index (κ2) is 9.69. The molecule has 0 amide bonds. The van der Waals surface area contributed by atoms with Crippen LogP contribution in [-0.2, 0) is 6.54 Å². The number of methoxy groups -OCH3 is 1. The minimum atomic E-state index is -4.40. The maximum Gasteiger partial charge on any atom is 0.422 e. The molecule has 2 N–H and O–H groups in total. The Morgan fingerprint density at radius 3 is 2.62 bits per heavy atom. The lowest BCUT2D eigenvalue weighted by Crippen LogP contribution is -2.37. The molecule has 24 heavy (non-hydrogen) atoms. The molecule has 1 rings (SSSR count). The number of halogens is 3. The number of nitrogens with zero attached hydrogens (tertiary/aromatic N) is 1. The number of alkyl halides is 3. The summed E-state index contributed by atoms with van der Waals surface area (Å²) >= 11 is 0. The first kappa shape index (κ1) is 19.7. The van der Waals surface area contributed by atoms with Crippen LogP contribution in [0.4, 0.5) is 13.2 Å². The van der Waals surface area contributed by atoms with Gasteiger partial charge in [0.1, 0.15) is 0 Å². The van der Waals surface area contributed by atoms with Crippen LogP contribution in [0.3, 0.4) is 0 Å². The molecule has 0 aliphatic rings. The predicted molar refractivity (Wildman–Crippen MR) is 87.6 cm³/mol. The van der Waals surface area contributed by atoms with Crippen LogP contribution in [-0.4, -0.2) is 38.9 Å². The van der Waals surface area contributed by atoms with E-state index in [9.17, 15) is 13.2 Å². The molecule has 1 aromatic carbocycles. The molecule has 1 aromatic rings. The van der Waals surface area contributed by atoms with Gasteiger partial charge in [-0.25, -0.2) is 4.99 Å². The van der Waals surface area contributed by atoms with E-state index in [0.29, 0.717) is 25.6 Å². The summed E-state index contributed by atoms with van der Waals surface area (Å²) in [6.45, 7) is 5.81. The van der Waals surface area contributed by atoms with Gasteiger partial charge >= 0.3 is 6.18 Å². The number of rotatable bonds is 8. The lowest BCUT2D eigenvalue weighted by Gasteiger charge is -2.13. The molecule has 0 fully saturated rings. The monoisotopic (exact) mass is 345 g/mol. The first-order chi connectivity index (χ1) is 11.4. The predicted octanol–water partition coefficient (Wildman–Crippen LogP) is 2.88. The highest BCUT2D eigenvalue weighted by atomic mass is 19.4. The Hall–Kier alpha value is -2.38. The zero-order valence-electron chi connectivity index (χ0n) is 13.7. The number of ether oxygens (including phenoxy) is 2. The summed E-state index contributed by atoms with van der Waals surface area (Å²) in [6, 6.07) is 4.70. The van der Waals surface area contributed by atoms with E-state index in [1.165, 1.54) is 13.2 Å². The van der Waals surface area contributed by atoms with Crippen molar-refractivity contribution in [3.05, 3.63) is 36.4 Å². The van der Waals surface area contributed by atoms with Gasteiger partial charge in [0.25, 0.3) is 0 Å². The molecule has 0 spiro atoms. The molecule has 0 unspecified atom stereocenters. The first-order valence-electron chi connectivity index (χ1n) is 7.39. The van der Waals surface area contributed by atoms with Gasteiger partial charge in [-0.1, -0.05) is 12.1 Å². The summed E-state index contributed by atoms with van der Waals surface area (Å²) < 4.78 is 46.5. The Morgan fingerprint density at radius 2 is 2.04 bits per heavy atom. The molecule has 0 saturated heterocycles. The second-order valence-corrected chi connectivity index (χ2v) is 4.75. The third-order valence-corrected chi connectivity index (χ3v) is 2.80. The summed E-state index contributed by atoms with van der Waals surface area (Å²) in [5.74, 6) is 0.893. The molecule has 8 heteroatoms. The van der Waals surface area contributed by atoms with Gasteiger partial charge < -0.3 is 20.1 Å². The van der Waals surface area contributed by atoms with Crippen molar-refractivity contribution in [2.45, 2.75) is 19.6 Å². The fraction of sp³-hybridized carbons (Fsp3) is 0.438. The number of guanidine groups is 1. The van der Waals surface area contributed by atoms with Gasteiger partial charge in [-0.2, -0.15) is 13.2 Å². The maximum atomic E-state index is 12.2. The van der Waals surface area contributed by atoms with Crippen molar-refractivity contribution in [3.63, 3.8) is 0 Å². The smallest absolute Gasteiger partial charge is 0.422 e. The van der Waals surface area contributed by atoms with E-state index in [4.69, 9.17) is 9.47 Å². The van der Waals surface area contributed by atoms with Gasteiger partial charge in [-0.3, -0.25) is 0 Å². The third-order valence-electron chi connectivity index (χ3n) is 2.80. The van der Waals surface area contributed by atoms with Crippen LogP contribution in [0.5, 0.6) is 11.5 Å². The highest BCUT2D eigenvalue weighted by Gasteiger charge is 2.29. The van der Waals surface area contributed by atoms with Gasteiger partial charge in [-0.15, -0.1) is 6.58 Å². The highest BCUT2D eigenvalue weighted by Crippen LogP contribution is 2.30. The van der Waals surface area contributed by atoms with Crippen LogP contribution in [0.1, 0.15) is 12.5 Å². The number of nitrogens with one attached hydrogen (secondary N) is 2. The summed E-state index contributed by atoms with van der Waals surface area (Å²) in [6.07, 6.45) is -2.69. The summed E-state index contributed by atoms with van der Waals surface area (Å²) in [5, 5.41) is 6.13. The molecule has 0 aliphatic carbocycles. The van der Waals surface area contributed by atoms with E-state index in [1.807, 2.05) is 6.92 Å². The highest BCUT2D eigenvalue weighted by molar-refractivity contribution is 5.79. The number of aliphatic imine (C=N–C) groups is 1. The summed E-state index contributed by atoms with van der Waals surface area (Å²) in [4.78, 5) is 4.38. The SMILES string of the molecule is C=CCNC(=NCc1ccc(OCC(F)(F)F)c(OC)c1)NCC. The van der Waals surface area contributed by atoms with Crippen LogP contribution in [0.15, 0.2) is 35.8 Å².